The van der Waals surface area contributed by atoms with Crippen molar-refractivity contribution in [3.63, 3.8) is 0 Å². The zero-order valence-electron chi connectivity index (χ0n) is 11.6. The maximum Gasteiger partial charge on any atom is 0.128 e. The van der Waals surface area contributed by atoms with Gasteiger partial charge < -0.3 is 0 Å². The average Bonchev–Trinajstić information content (AvgIpc) is 2.85. The fourth-order valence-electron chi connectivity index (χ4n) is 2.55. The van der Waals surface area contributed by atoms with E-state index in [1.54, 1.807) is 0 Å². The molecule has 0 saturated carbocycles. The maximum atomic E-state index is 4.71. The molecule has 5 heteroatoms. The molecule has 1 aliphatic heterocycles. The number of rotatable bonds is 4. The van der Waals surface area contributed by atoms with E-state index in [1.807, 2.05) is 17.5 Å². The molecule has 20 heavy (non-hydrogen) atoms. The number of hydrogen-bond acceptors (Lipinski definition) is 4. The fourth-order valence-corrected chi connectivity index (χ4v) is 4.04. The van der Waals surface area contributed by atoms with E-state index in [9.17, 15) is 0 Å². The molecule has 0 atom stereocenters. The standard InChI is InChI=1S/C15H18BrN3S/c1-2-3-15-17-7-11-8-19(5-4-14(11)18-15)9-13-6-12(16)10-20-13/h6-7,10H,2-5,8-9H2,1H3. The van der Waals surface area contributed by atoms with Crippen molar-refractivity contribution in [2.24, 2.45) is 0 Å². The number of aromatic nitrogens is 2. The number of thiophene rings is 1. The highest BCUT2D eigenvalue weighted by Crippen LogP contribution is 2.24. The molecule has 0 aliphatic carbocycles. The lowest BCUT2D eigenvalue weighted by Gasteiger charge is -2.27. The van der Waals surface area contributed by atoms with Crippen LogP contribution < -0.4 is 0 Å². The van der Waals surface area contributed by atoms with Gasteiger partial charge in [0.1, 0.15) is 5.82 Å². The van der Waals surface area contributed by atoms with E-state index in [4.69, 9.17) is 4.98 Å². The molecule has 0 fully saturated rings. The van der Waals surface area contributed by atoms with Gasteiger partial charge in [-0.1, -0.05) is 6.92 Å². The van der Waals surface area contributed by atoms with Crippen LogP contribution in [0.3, 0.4) is 0 Å². The topological polar surface area (TPSA) is 29.0 Å². The third-order valence-electron chi connectivity index (χ3n) is 3.54. The summed E-state index contributed by atoms with van der Waals surface area (Å²) in [6.07, 6.45) is 5.17. The molecule has 0 aromatic carbocycles. The SMILES string of the molecule is CCCc1ncc2c(n1)CCN(Cc1cc(Br)cs1)C2. The van der Waals surface area contributed by atoms with E-state index < -0.39 is 0 Å². The Morgan fingerprint density at radius 2 is 2.35 bits per heavy atom. The summed E-state index contributed by atoms with van der Waals surface area (Å²) in [5.41, 5.74) is 2.55. The molecular weight excluding hydrogens is 334 g/mol. The summed E-state index contributed by atoms with van der Waals surface area (Å²) < 4.78 is 1.18. The van der Waals surface area contributed by atoms with Crippen LogP contribution in [0.5, 0.6) is 0 Å². The monoisotopic (exact) mass is 351 g/mol. The van der Waals surface area contributed by atoms with Crippen LogP contribution in [0.2, 0.25) is 0 Å². The molecule has 2 aromatic rings. The van der Waals surface area contributed by atoms with Crippen molar-refractivity contribution in [2.45, 2.75) is 39.3 Å². The summed E-state index contributed by atoms with van der Waals surface area (Å²) in [4.78, 5) is 13.1. The first kappa shape index (κ1) is 14.2. The van der Waals surface area contributed by atoms with Gasteiger partial charge in [-0.3, -0.25) is 4.90 Å². The zero-order chi connectivity index (χ0) is 13.9. The molecule has 0 amide bonds. The van der Waals surface area contributed by atoms with Crippen molar-refractivity contribution in [3.8, 4) is 0 Å². The first-order chi connectivity index (χ1) is 9.74. The van der Waals surface area contributed by atoms with Gasteiger partial charge in [-0.25, -0.2) is 9.97 Å². The van der Waals surface area contributed by atoms with E-state index in [2.05, 4.69) is 44.2 Å². The molecule has 0 spiro atoms. The van der Waals surface area contributed by atoms with E-state index in [0.29, 0.717) is 0 Å². The van der Waals surface area contributed by atoms with Crippen molar-refractivity contribution in [1.29, 1.82) is 0 Å². The van der Waals surface area contributed by atoms with Crippen molar-refractivity contribution < 1.29 is 0 Å². The molecule has 2 aromatic heterocycles. The highest BCUT2D eigenvalue weighted by Gasteiger charge is 2.18. The van der Waals surface area contributed by atoms with Crippen LogP contribution >= 0.6 is 27.3 Å². The van der Waals surface area contributed by atoms with Gasteiger partial charge in [0, 0.05) is 64.7 Å². The molecule has 106 valence electrons. The Labute approximate surface area is 132 Å². The predicted octanol–water partition coefficient (Wildman–Crippen LogP) is 3.81. The number of fused-ring (bicyclic) bond motifs is 1. The van der Waals surface area contributed by atoms with Crippen molar-refractivity contribution in [2.75, 3.05) is 6.54 Å². The van der Waals surface area contributed by atoms with Gasteiger partial charge in [0.15, 0.2) is 0 Å². The molecular formula is C15H18BrN3S. The van der Waals surface area contributed by atoms with Crippen LogP contribution in [0.4, 0.5) is 0 Å². The van der Waals surface area contributed by atoms with Gasteiger partial charge >= 0.3 is 0 Å². The van der Waals surface area contributed by atoms with Gasteiger partial charge in [-0.15, -0.1) is 11.3 Å². The van der Waals surface area contributed by atoms with Gasteiger partial charge in [-0.2, -0.15) is 0 Å². The second kappa shape index (κ2) is 6.33. The lowest BCUT2D eigenvalue weighted by Crippen LogP contribution is -2.30. The first-order valence-electron chi connectivity index (χ1n) is 7.03. The molecule has 3 rings (SSSR count). The number of aryl methyl sites for hydroxylation is 1. The highest BCUT2D eigenvalue weighted by molar-refractivity contribution is 9.10. The van der Waals surface area contributed by atoms with Crippen LogP contribution in [0.25, 0.3) is 0 Å². The molecule has 0 bridgehead atoms. The Morgan fingerprint density at radius 3 is 3.10 bits per heavy atom. The third kappa shape index (κ3) is 3.27. The largest absolute Gasteiger partial charge is 0.293 e. The minimum atomic E-state index is 0.970. The minimum absolute atomic E-state index is 0.970. The summed E-state index contributed by atoms with van der Waals surface area (Å²) in [6, 6.07) is 2.21. The second-order valence-corrected chi connectivity index (χ2v) is 7.11. The van der Waals surface area contributed by atoms with Crippen LogP contribution in [0.1, 0.15) is 35.3 Å². The Bertz CT molecular complexity index is 597. The number of hydrogen-bond donors (Lipinski definition) is 0. The summed E-state index contributed by atoms with van der Waals surface area (Å²) >= 11 is 5.33. The van der Waals surface area contributed by atoms with Crippen LogP contribution in [0, 0.1) is 0 Å². The van der Waals surface area contributed by atoms with Crippen molar-refractivity contribution in [1.82, 2.24) is 14.9 Å². The van der Waals surface area contributed by atoms with Gasteiger partial charge in [0.25, 0.3) is 0 Å². The quantitative estimate of drug-likeness (QED) is 0.838. The molecule has 3 heterocycles. The Kier molecular flexibility index (Phi) is 4.48. The molecule has 0 radical (unpaired) electrons. The Morgan fingerprint density at radius 1 is 1.45 bits per heavy atom. The number of halogens is 1. The molecule has 3 nitrogen and oxygen atoms in total. The molecule has 1 aliphatic rings. The van der Waals surface area contributed by atoms with Gasteiger partial charge in [0.2, 0.25) is 0 Å². The van der Waals surface area contributed by atoms with E-state index in [0.717, 1.165) is 44.7 Å². The predicted molar refractivity (Wildman–Crippen MR) is 85.9 cm³/mol. The van der Waals surface area contributed by atoms with Crippen molar-refractivity contribution >= 4 is 27.3 Å². The third-order valence-corrected chi connectivity index (χ3v) is 5.22. The smallest absolute Gasteiger partial charge is 0.128 e. The van der Waals surface area contributed by atoms with Gasteiger partial charge in [-0.05, 0) is 28.4 Å². The van der Waals surface area contributed by atoms with E-state index in [1.165, 1.54) is 20.6 Å². The Hall–Kier alpha value is -0.780. The minimum Gasteiger partial charge on any atom is -0.293 e. The zero-order valence-corrected chi connectivity index (χ0v) is 14.0. The highest BCUT2D eigenvalue weighted by atomic mass is 79.9. The molecule has 0 unspecified atom stereocenters. The van der Waals surface area contributed by atoms with Crippen LogP contribution in [-0.2, 0) is 25.9 Å². The van der Waals surface area contributed by atoms with Crippen LogP contribution in [-0.4, -0.2) is 21.4 Å². The molecule has 0 saturated heterocycles. The maximum absolute atomic E-state index is 4.71. The lowest BCUT2D eigenvalue weighted by atomic mass is 10.1. The van der Waals surface area contributed by atoms with Gasteiger partial charge in [0.05, 0.1) is 0 Å². The first-order valence-corrected chi connectivity index (χ1v) is 8.71. The van der Waals surface area contributed by atoms with E-state index >= 15 is 0 Å². The Balaban J connectivity index is 1.69. The van der Waals surface area contributed by atoms with E-state index in [-0.39, 0.29) is 0 Å². The average molecular weight is 352 g/mol. The summed E-state index contributed by atoms with van der Waals surface area (Å²) in [6.45, 7) is 5.25. The fraction of sp³-hybridized carbons (Fsp3) is 0.467. The normalized spacial score (nSPS) is 15.3. The molecule has 0 N–H and O–H groups in total. The lowest BCUT2D eigenvalue weighted by molar-refractivity contribution is 0.244. The summed E-state index contributed by atoms with van der Waals surface area (Å²) in [7, 11) is 0. The van der Waals surface area contributed by atoms with Crippen molar-refractivity contribution in [3.05, 3.63) is 44.1 Å². The number of nitrogens with zero attached hydrogens (tertiary/aromatic N) is 3. The summed E-state index contributed by atoms with van der Waals surface area (Å²) in [5, 5.41) is 2.15. The second-order valence-electron chi connectivity index (χ2n) is 5.20. The summed E-state index contributed by atoms with van der Waals surface area (Å²) in [5.74, 6) is 1.00. The van der Waals surface area contributed by atoms with Crippen LogP contribution in [0.15, 0.2) is 22.1 Å².